The third-order valence-corrected chi connectivity index (χ3v) is 4.70. The summed E-state index contributed by atoms with van der Waals surface area (Å²) in [4.78, 5) is 26.1. The van der Waals surface area contributed by atoms with Crippen LogP contribution in [0.3, 0.4) is 0 Å². The minimum absolute atomic E-state index is 0.0909. The van der Waals surface area contributed by atoms with Gasteiger partial charge < -0.3 is 10.6 Å². The molecule has 27 heavy (non-hydrogen) atoms. The van der Waals surface area contributed by atoms with E-state index in [9.17, 15) is 14.0 Å². The Morgan fingerprint density at radius 1 is 0.963 bits per heavy atom. The summed E-state index contributed by atoms with van der Waals surface area (Å²) in [6.45, 7) is 3.56. The van der Waals surface area contributed by atoms with Gasteiger partial charge in [0, 0.05) is 44.7 Å². The van der Waals surface area contributed by atoms with Gasteiger partial charge in [-0.3, -0.25) is 14.5 Å². The van der Waals surface area contributed by atoms with Crippen LogP contribution in [-0.4, -0.2) is 42.9 Å². The second-order valence-electron chi connectivity index (χ2n) is 6.66. The van der Waals surface area contributed by atoms with E-state index in [0.717, 1.165) is 26.1 Å². The monoisotopic (exact) mass is 369 g/mol. The average Bonchev–Trinajstić information content (AvgIpc) is 2.68. The standard InChI is InChI=1S/C21H24FN3O2/c22-19-7-5-17(6-8-19)21(27)24-11-9-20(26)23-12-14-25-13-10-16-3-1-2-4-18(16)15-25/h1-8H,9-15H2,(H,23,26)(H,24,27). The summed E-state index contributed by atoms with van der Waals surface area (Å²) >= 11 is 0. The van der Waals surface area contributed by atoms with Crippen molar-refractivity contribution in [2.45, 2.75) is 19.4 Å². The molecule has 0 aliphatic carbocycles. The van der Waals surface area contributed by atoms with E-state index in [0.29, 0.717) is 12.1 Å². The van der Waals surface area contributed by atoms with Crippen LogP contribution in [0.1, 0.15) is 27.9 Å². The highest BCUT2D eigenvalue weighted by Crippen LogP contribution is 2.17. The highest BCUT2D eigenvalue weighted by molar-refractivity contribution is 5.94. The van der Waals surface area contributed by atoms with Crippen molar-refractivity contribution in [1.82, 2.24) is 15.5 Å². The Morgan fingerprint density at radius 2 is 1.70 bits per heavy atom. The first-order valence-corrected chi connectivity index (χ1v) is 9.21. The summed E-state index contributed by atoms with van der Waals surface area (Å²) in [7, 11) is 0. The summed E-state index contributed by atoms with van der Waals surface area (Å²) < 4.78 is 12.8. The highest BCUT2D eigenvalue weighted by atomic mass is 19.1. The van der Waals surface area contributed by atoms with Crippen molar-refractivity contribution in [3.05, 3.63) is 71.0 Å². The molecule has 2 aromatic carbocycles. The van der Waals surface area contributed by atoms with Crippen molar-refractivity contribution in [2.24, 2.45) is 0 Å². The predicted molar refractivity (Wildman–Crippen MR) is 102 cm³/mol. The molecule has 1 aliphatic heterocycles. The van der Waals surface area contributed by atoms with Crippen LogP contribution in [0.5, 0.6) is 0 Å². The van der Waals surface area contributed by atoms with E-state index < -0.39 is 0 Å². The minimum Gasteiger partial charge on any atom is -0.355 e. The Morgan fingerprint density at radius 3 is 2.48 bits per heavy atom. The Hall–Kier alpha value is -2.73. The molecule has 1 heterocycles. The molecule has 0 radical (unpaired) electrons. The quantitative estimate of drug-likeness (QED) is 0.786. The normalized spacial score (nSPS) is 13.7. The van der Waals surface area contributed by atoms with Crippen molar-refractivity contribution in [3.8, 4) is 0 Å². The molecule has 0 saturated carbocycles. The molecule has 2 aromatic rings. The predicted octanol–water partition coefficient (Wildman–Crippen LogP) is 2.12. The van der Waals surface area contributed by atoms with Gasteiger partial charge in [-0.05, 0) is 41.8 Å². The molecule has 0 atom stereocenters. The van der Waals surface area contributed by atoms with Crippen LogP contribution in [0.4, 0.5) is 4.39 Å². The molecule has 142 valence electrons. The van der Waals surface area contributed by atoms with Crippen LogP contribution in [0.25, 0.3) is 0 Å². The van der Waals surface area contributed by atoms with Gasteiger partial charge in [-0.25, -0.2) is 4.39 Å². The number of hydrogen-bond donors (Lipinski definition) is 2. The molecule has 0 unspecified atom stereocenters. The van der Waals surface area contributed by atoms with Gasteiger partial charge in [0.1, 0.15) is 5.82 Å². The van der Waals surface area contributed by atoms with Crippen molar-refractivity contribution in [2.75, 3.05) is 26.2 Å². The van der Waals surface area contributed by atoms with Gasteiger partial charge in [0.15, 0.2) is 0 Å². The Kier molecular flexibility index (Phi) is 6.54. The number of amides is 2. The summed E-state index contributed by atoms with van der Waals surface area (Å²) in [5.41, 5.74) is 3.15. The molecule has 0 spiro atoms. The number of rotatable bonds is 7. The number of nitrogens with one attached hydrogen (secondary N) is 2. The highest BCUT2D eigenvalue weighted by Gasteiger charge is 2.15. The molecular formula is C21H24FN3O2. The second-order valence-corrected chi connectivity index (χ2v) is 6.66. The number of halogens is 1. The summed E-state index contributed by atoms with van der Waals surface area (Å²) in [5, 5.41) is 5.56. The number of carbonyl (C=O) groups excluding carboxylic acids is 2. The summed E-state index contributed by atoms with van der Waals surface area (Å²) in [5.74, 6) is -0.787. The number of fused-ring (bicyclic) bond motifs is 1. The van der Waals surface area contributed by atoms with E-state index in [1.54, 1.807) is 0 Å². The Labute approximate surface area is 158 Å². The third-order valence-electron chi connectivity index (χ3n) is 4.70. The van der Waals surface area contributed by atoms with Crippen LogP contribution in [0.15, 0.2) is 48.5 Å². The summed E-state index contributed by atoms with van der Waals surface area (Å²) in [6, 6.07) is 13.8. The molecule has 2 N–H and O–H groups in total. The molecular weight excluding hydrogens is 345 g/mol. The van der Waals surface area contributed by atoms with Gasteiger partial charge in [0.2, 0.25) is 5.91 Å². The molecule has 0 saturated heterocycles. The van der Waals surface area contributed by atoms with Crippen LogP contribution in [0, 0.1) is 5.82 Å². The van der Waals surface area contributed by atoms with E-state index >= 15 is 0 Å². The van der Waals surface area contributed by atoms with E-state index in [1.165, 1.54) is 35.4 Å². The summed E-state index contributed by atoms with van der Waals surface area (Å²) in [6.07, 6.45) is 1.26. The second kappa shape index (κ2) is 9.28. The van der Waals surface area contributed by atoms with Crippen molar-refractivity contribution >= 4 is 11.8 Å². The molecule has 0 bridgehead atoms. The average molecular weight is 369 g/mol. The minimum atomic E-state index is -0.386. The third kappa shape index (κ3) is 5.62. The first-order chi connectivity index (χ1) is 13.1. The molecule has 5 nitrogen and oxygen atoms in total. The van der Waals surface area contributed by atoms with Crippen molar-refractivity contribution in [3.63, 3.8) is 0 Å². The smallest absolute Gasteiger partial charge is 0.251 e. The first kappa shape index (κ1) is 19.0. The zero-order valence-corrected chi connectivity index (χ0v) is 15.2. The van der Waals surface area contributed by atoms with E-state index in [4.69, 9.17) is 0 Å². The largest absolute Gasteiger partial charge is 0.355 e. The van der Waals surface area contributed by atoms with Crippen LogP contribution in [-0.2, 0) is 17.8 Å². The lowest BCUT2D eigenvalue weighted by Crippen LogP contribution is -2.38. The van der Waals surface area contributed by atoms with Gasteiger partial charge >= 0.3 is 0 Å². The first-order valence-electron chi connectivity index (χ1n) is 9.21. The van der Waals surface area contributed by atoms with Crippen LogP contribution in [0.2, 0.25) is 0 Å². The van der Waals surface area contributed by atoms with Gasteiger partial charge in [0.05, 0.1) is 0 Å². The molecule has 2 amide bonds. The lowest BCUT2D eigenvalue weighted by molar-refractivity contribution is -0.121. The molecule has 3 rings (SSSR count). The fraction of sp³-hybridized carbons (Fsp3) is 0.333. The fourth-order valence-electron chi connectivity index (χ4n) is 3.18. The molecule has 1 aliphatic rings. The van der Waals surface area contributed by atoms with Gasteiger partial charge in [-0.1, -0.05) is 24.3 Å². The van der Waals surface area contributed by atoms with Crippen LogP contribution >= 0.6 is 0 Å². The molecule has 6 heteroatoms. The van der Waals surface area contributed by atoms with Crippen molar-refractivity contribution in [1.29, 1.82) is 0 Å². The van der Waals surface area contributed by atoms with Gasteiger partial charge in [0.25, 0.3) is 5.91 Å². The molecule has 0 aromatic heterocycles. The number of hydrogen-bond acceptors (Lipinski definition) is 3. The number of nitrogens with zero attached hydrogens (tertiary/aromatic N) is 1. The fourth-order valence-corrected chi connectivity index (χ4v) is 3.18. The van der Waals surface area contributed by atoms with E-state index in [1.807, 2.05) is 0 Å². The maximum Gasteiger partial charge on any atom is 0.251 e. The van der Waals surface area contributed by atoms with Crippen LogP contribution < -0.4 is 10.6 Å². The number of carbonyl (C=O) groups is 2. The van der Waals surface area contributed by atoms with Crippen molar-refractivity contribution < 1.29 is 14.0 Å². The number of benzene rings is 2. The zero-order valence-electron chi connectivity index (χ0n) is 15.2. The maximum atomic E-state index is 12.8. The lowest BCUT2D eigenvalue weighted by atomic mass is 10.00. The zero-order chi connectivity index (χ0) is 19.1. The molecule has 0 fully saturated rings. The topological polar surface area (TPSA) is 61.4 Å². The Bertz CT molecular complexity index is 792. The Balaban J connectivity index is 1.31. The van der Waals surface area contributed by atoms with Gasteiger partial charge in [-0.15, -0.1) is 0 Å². The van der Waals surface area contributed by atoms with Gasteiger partial charge in [-0.2, -0.15) is 0 Å². The van der Waals surface area contributed by atoms with E-state index in [-0.39, 0.29) is 30.6 Å². The van der Waals surface area contributed by atoms with E-state index in [2.05, 4.69) is 39.8 Å². The maximum absolute atomic E-state index is 12.8. The SMILES string of the molecule is O=C(CCNC(=O)c1ccc(F)cc1)NCCN1CCc2ccccc2C1. The lowest BCUT2D eigenvalue weighted by Gasteiger charge is -2.28.